The van der Waals surface area contributed by atoms with Gasteiger partial charge in [-0.25, -0.2) is 0 Å². The predicted octanol–water partition coefficient (Wildman–Crippen LogP) is 2.73. The third-order valence-corrected chi connectivity index (χ3v) is 1.75. The molecule has 0 amide bonds. The summed E-state index contributed by atoms with van der Waals surface area (Å²) in [6.07, 6.45) is 10.5. The van der Waals surface area contributed by atoms with Crippen molar-refractivity contribution in [2.24, 2.45) is 0 Å². The van der Waals surface area contributed by atoms with Gasteiger partial charge < -0.3 is 0 Å². The minimum absolute atomic E-state index is 0. The molecule has 1 rings (SSSR count). The van der Waals surface area contributed by atoms with E-state index >= 15 is 0 Å². The summed E-state index contributed by atoms with van der Waals surface area (Å²) < 4.78 is 0. The van der Waals surface area contributed by atoms with Gasteiger partial charge in [0.1, 0.15) is 0 Å². The van der Waals surface area contributed by atoms with Crippen molar-refractivity contribution in [2.75, 3.05) is 0 Å². The number of hydrogen-bond acceptors (Lipinski definition) is 0. The van der Waals surface area contributed by atoms with Crippen LogP contribution in [0.15, 0.2) is 0 Å². The second-order valence-electron chi connectivity index (χ2n) is 2.47. The standard InChI is InChI=1S/C7H14.Co/c1-2-4-6-7-5-3-1;/h1-7H2;. The maximum Gasteiger partial charge on any atom is 0 e. The molecule has 0 bridgehead atoms. The molecule has 0 aliphatic heterocycles. The van der Waals surface area contributed by atoms with Gasteiger partial charge in [-0.05, 0) is 0 Å². The first-order valence-corrected chi connectivity index (χ1v) is 3.50. The molecule has 1 aliphatic carbocycles. The van der Waals surface area contributed by atoms with E-state index in [2.05, 4.69) is 0 Å². The van der Waals surface area contributed by atoms with E-state index in [9.17, 15) is 0 Å². The molecule has 1 fully saturated rings. The third-order valence-electron chi connectivity index (χ3n) is 1.75. The molecule has 1 aliphatic rings. The minimum atomic E-state index is 0. The second-order valence-corrected chi connectivity index (χ2v) is 2.47. The van der Waals surface area contributed by atoms with Crippen LogP contribution in [0.25, 0.3) is 0 Å². The van der Waals surface area contributed by atoms with Crippen LogP contribution in [-0.4, -0.2) is 0 Å². The molecule has 1 heteroatoms. The summed E-state index contributed by atoms with van der Waals surface area (Å²) in [4.78, 5) is 0. The van der Waals surface area contributed by atoms with Gasteiger partial charge in [0.2, 0.25) is 0 Å². The molecule has 0 saturated heterocycles. The zero-order valence-electron chi connectivity index (χ0n) is 5.28. The van der Waals surface area contributed by atoms with Crippen LogP contribution in [0.4, 0.5) is 0 Å². The van der Waals surface area contributed by atoms with Crippen molar-refractivity contribution in [3.05, 3.63) is 0 Å². The summed E-state index contributed by atoms with van der Waals surface area (Å²) in [5.41, 5.74) is 0. The zero-order valence-corrected chi connectivity index (χ0v) is 6.32. The molecule has 8 heavy (non-hydrogen) atoms. The van der Waals surface area contributed by atoms with E-state index in [0.717, 1.165) is 0 Å². The van der Waals surface area contributed by atoms with Gasteiger partial charge in [0.15, 0.2) is 0 Å². The average Bonchev–Trinajstić information content (AvgIpc) is 1.90. The van der Waals surface area contributed by atoms with Crippen molar-refractivity contribution >= 4 is 0 Å². The summed E-state index contributed by atoms with van der Waals surface area (Å²) in [6.45, 7) is 0. The molecular formula is C7H14Co. The minimum Gasteiger partial charge on any atom is -0.0533 e. The maximum absolute atomic E-state index is 1.50. The van der Waals surface area contributed by atoms with Gasteiger partial charge in [-0.3, -0.25) is 0 Å². The van der Waals surface area contributed by atoms with Crippen molar-refractivity contribution in [1.82, 2.24) is 0 Å². The predicted molar refractivity (Wildman–Crippen MR) is 32.3 cm³/mol. The SMILES string of the molecule is C1CCCCCC1.[Co]. The smallest absolute Gasteiger partial charge is 0 e. The average molecular weight is 157 g/mol. The molecule has 0 aromatic heterocycles. The number of hydrogen-bond donors (Lipinski definition) is 0. The van der Waals surface area contributed by atoms with Crippen molar-refractivity contribution in [2.45, 2.75) is 44.9 Å². The summed E-state index contributed by atoms with van der Waals surface area (Å²) in [6, 6.07) is 0. The van der Waals surface area contributed by atoms with E-state index in [1.807, 2.05) is 0 Å². The first-order valence-electron chi connectivity index (χ1n) is 3.50. The van der Waals surface area contributed by atoms with Gasteiger partial charge in [0.25, 0.3) is 0 Å². The summed E-state index contributed by atoms with van der Waals surface area (Å²) in [7, 11) is 0. The topological polar surface area (TPSA) is 0 Å². The molecule has 0 aromatic rings. The Morgan fingerprint density at radius 2 is 0.500 bits per heavy atom. The Balaban J connectivity index is 0.000000490. The monoisotopic (exact) mass is 157 g/mol. The molecule has 0 spiro atoms. The largest absolute Gasteiger partial charge is 0.0533 e. The van der Waals surface area contributed by atoms with Crippen LogP contribution >= 0.6 is 0 Å². The Morgan fingerprint density at radius 1 is 0.375 bits per heavy atom. The van der Waals surface area contributed by atoms with Gasteiger partial charge >= 0.3 is 0 Å². The summed E-state index contributed by atoms with van der Waals surface area (Å²) >= 11 is 0. The fourth-order valence-corrected chi connectivity index (χ4v) is 1.24. The normalized spacial score (nSPS) is 21.0. The maximum atomic E-state index is 1.50. The fraction of sp³-hybridized carbons (Fsp3) is 1.00. The Bertz CT molecular complexity index is 24.0. The van der Waals surface area contributed by atoms with Crippen LogP contribution in [0, 0.1) is 0 Å². The molecule has 0 nitrogen and oxygen atoms in total. The van der Waals surface area contributed by atoms with Crippen LogP contribution in [-0.2, 0) is 16.8 Å². The first kappa shape index (κ1) is 8.51. The molecule has 0 aromatic carbocycles. The van der Waals surface area contributed by atoms with E-state index in [1.165, 1.54) is 44.9 Å². The molecule has 1 radical (unpaired) electrons. The molecular weight excluding hydrogens is 143 g/mol. The molecule has 0 N–H and O–H groups in total. The van der Waals surface area contributed by atoms with Gasteiger partial charge in [0.05, 0.1) is 0 Å². The van der Waals surface area contributed by atoms with Gasteiger partial charge in [0, 0.05) is 16.8 Å². The molecule has 1 saturated carbocycles. The van der Waals surface area contributed by atoms with Crippen molar-refractivity contribution in [3.63, 3.8) is 0 Å². The number of rotatable bonds is 0. The Labute approximate surface area is 62.2 Å². The Kier molecular flexibility index (Phi) is 6.00. The third kappa shape index (κ3) is 3.50. The molecule has 0 atom stereocenters. The van der Waals surface area contributed by atoms with E-state index < -0.39 is 0 Å². The van der Waals surface area contributed by atoms with E-state index in [1.54, 1.807) is 0 Å². The Hall–Kier alpha value is 0.506. The second kappa shape index (κ2) is 5.64. The van der Waals surface area contributed by atoms with Crippen molar-refractivity contribution in [1.29, 1.82) is 0 Å². The van der Waals surface area contributed by atoms with Crippen LogP contribution < -0.4 is 0 Å². The molecule has 0 unspecified atom stereocenters. The fourth-order valence-electron chi connectivity index (χ4n) is 1.24. The van der Waals surface area contributed by atoms with E-state index in [4.69, 9.17) is 0 Å². The van der Waals surface area contributed by atoms with Gasteiger partial charge in [-0.2, -0.15) is 0 Å². The van der Waals surface area contributed by atoms with Gasteiger partial charge in [-0.1, -0.05) is 44.9 Å². The quantitative estimate of drug-likeness (QED) is 0.474. The van der Waals surface area contributed by atoms with Gasteiger partial charge in [-0.15, -0.1) is 0 Å². The Morgan fingerprint density at radius 3 is 0.625 bits per heavy atom. The van der Waals surface area contributed by atoms with Crippen LogP contribution in [0.5, 0.6) is 0 Å². The summed E-state index contributed by atoms with van der Waals surface area (Å²) in [5.74, 6) is 0. The summed E-state index contributed by atoms with van der Waals surface area (Å²) in [5, 5.41) is 0. The zero-order chi connectivity index (χ0) is 4.95. The van der Waals surface area contributed by atoms with Crippen LogP contribution in [0.2, 0.25) is 0 Å². The van der Waals surface area contributed by atoms with Crippen LogP contribution in [0.3, 0.4) is 0 Å². The van der Waals surface area contributed by atoms with E-state index in [0.29, 0.717) is 0 Å². The molecule has 51 valence electrons. The van der Waals surface area contributed by atoms with Crippen LogP contribution in [0.1, 0.15) is 44.9 Å². The van der Waals surface area contributed by atoms with Crippen molar-refractivity contribution in [3.8, 4) is 0 Å². The molecule has 0 heterocycles. The first-order chi connectivity index (χ1) is 3.50. The van der Waals surface area contributed by atoms with E-state index in [-0.39, 0.29) is 16.8 Å². The van der Waals surface area contributed by atoms with Crippen molar-refractivity contribution < 1.29 is 16.8 Å².